The number of halogens is 2. The van der Waals surface area contributed by atoms with Crippen molar-refractivity contribution in [1.29, 1.82) is 0 Å². The molecule has 0 spiro atoms. The summed E-state index contributed by atoms with van der Waals surface area (Å²) in [4.78, 5) is 13.7. The van der Waals surface area contributed by atoms with Crippen LogP contribution in [-0.4, -0.2) is 38.9 Å². The second-order valence-corrected chi connectivity index (χ2v) is 6.82. The lowest BCUT2D eigenvalue weighted by molar-refractivity contribution is -0.142. The minimum Gasteiger partial charge on any atom is -0.466 e. The van der Waals surface area contributed by atoms with Crippen LogP contribution >= 0.6 is 35.4 Å². The Morgan fingerprint density at radius 2 is 2.08 bits per heavy atom. The van der Waals surface area contributed by atoms with Crippen molar-refractivity contribution in [1.82, 2.24) is 19.2 Å². The van der Waals surface area contributed by atoms with E-state index in [-0.39, 0.29) is 12.4 Å². The smallest absolute Gasteiger partial charge is 0.313 e. The van der Waals surface area contributed by atoms with Gasteiger partial charge in [0.25, 0.3) is 0 Å². The highest BCUT2D eigenvalue weighted by atomic mass is 35.5. The molecule has 0 aliphatic rings. The molecule has 1 heterocycles. The molecule has 1 aromatic heterocycles. The normalized spacial score (nSPS) is 11.1. The minimum absolute atomic E-state index is 0.0947. The summed E-state index contributed by atoms with van der Waals surface area (Å²) in [5.41, 5.74) is 1.03. The molecule has 0 atom stereocenters. The van der Waals surface area contributed by atoms with E-state index in [0.29, 0.717) is 40.5 Å². The molecule has 136 valence electrons. The Labute approximate surface area is 161 Å². The van der Waals surface area contributed by atoms with Gasteiger partial charge in [-0.2, -0.15) is 5.10 Å². The van der Waals surface area contributed by atoms with Crippen LogP contribution < -0.4 is 0 Å². The average Bonchev–Trinajstić information content (AvgIpc) is 2.79. The highest BCUT2D eigenvalue weighted by Crippen LogP contribution is 2.23. The van der Waals surface area contributed by atoms with E-state index in [4.69, 9.17) is 40.2 Å². The highest BCUT2D eigenvalue weighted by molar-refractivity contribution is 7.71. The number of esters is 1. The second kappa shape index (κ2) is 8.80. The lowest BCUT2D eigenvalue weighted by Gasteiger charge is -2.16. The van der Waals surface area contributed by atoms with Gasteiger partial charge >= 0.3 is 5.97 Å². The first-order valence-corrected chi connectivity index (χ1v) is 8.89. The Balaban J connectivity index is 2.07. The molecule has 9 heteroatoms. The molecule has 0 aliphatic carbocycles. The van der Waals surface area contributed by atoms with Crippen molar-refractivity contribution in [2.45, 2.75) is 26.6 Å². The fourth-order valence-electron chi connectivity index (χ4n) is 2.35. The highest BCUT2D eigenvalue weighted by Gasteiger charge is 2.14. The second-order valence-electron chi connectivity index (χ2n) is 5.64. The molecule has 0 amide bonds. The van der Waals surface area contributed by atoms with Gasteiger partial charge in [-0.3, -0.25) is 9.69 Å². The molecule has 1 aromatic carbocycles. The van der Waals surface area contributed by atoms with E-state index in [2.05, 4.69) is 5.10 Å². The van der Waals surface area contributed by atoms with E-state index < -0.39 is 0 Å². The molecular weight excluding hydrogens is 383 g/mol. The lowest BCUT2D eigenvalue weighted by Crippen LogP contribution is -2.22. The average molecular weight is 403 g/mol. The van der Waals surface area contributed by atoms with Crippen LogP contribution in [-0.2, 0) is 36.2 Å². The molecule has 0 aliphatic heterocycles. The SMILES string of the molecule is CCOC(=O)Cc1nn(CN(C)Cc2ccc(Cl)c(Cl)c2)c(=S)n1C. The zero-order chi connectivity index (χ0) is 18.6. The van der Waals surface area contributed by atoms with Gasteiger partial charge in [-0.1, -0.05) is 29.3 Å². The maximum Gasteiger partial charge on any atom is 0.313 e. The zero-order valence-electron chi connectivity index (χ0n) is 14.3. The molecule has 2 aromatic rings. The minimum atomic E-state index is -0.318. The van der Waals surface area contributed by atoms with Crippen molar-refractivity contribution in [2.24, 2.45) is 7.05 Å². The van der Waals surface area contributed by atoms with Crippen molar-refractivity contribution in [3.8, 4) is 0 Å². The van der Waals surface area contributed by atoms with Crippen molar-refractivity contribution in [3.63, 3.8) is 0 Å². The van der Waals surface area contributed by atoms with E-state index in [9.17, 15) is 4.79 Å². The fourth-order valence-corrected chi connectivity index (χ4v) is 2.87. The first-order valence-electron chi connectivity index (χ1n) is 7.72. The summed E-state index contributed by atoms with van der Waals surface area (Å²) in [6.07, 6.45) is 0.0947. The molecule has 0 bridgehead atoms. The topological polar surface area (TPSA) is 52.3 Å². The van der Waals surface area contributed by atoms with Gasteiger partial charge in [0, 0.05) is 13.6 Å². The maximum absolute atomic E-state index is 11.7. The van der Waals surface area contributed by atoms with Gasteiger partial charge in [0.15, 0.2) is 4.77 Å². The van der Waals surface area contributed by atoms with Crippen LogP contribution in [0.25, 0.3) is 0 Å². The van der Waals surface area contributed by atoms with Crippen molar-refractivity contribution in [2.75, 3.05) is 13.7 Å². The molecule has 0 radical (unpaired) electrons. The van der Waals surface area contributed by atoms with Crippen molar-refractivity contribution >= 4 is 41.4 Å². The third kappa shape index (κ3) is 5.28. The van der Waals surface area contributed by atoms with Gasteiger partial charge in [-0.25, -0.2) is 4.68 Å². The summed E-state index contributed by atoms with van der Waals surface area (Å²) in [7, 11) is 3.74. The summed E-state index contributed by atoms with van der Waals surface area (Å²) in [5, 5.41) is 5.49. The molecule has 0 saturated heterocycles. The molecule has 0 fully saturated rings. The third-order valence-corrected chi connectivity index (χ3v) is 4.77. The zero-order valence-corrected chi connectivity index (χ0v) is 16.7. The van der Waals surface area contributed by atoms with Gasteiger partial charge in [-0.15, -0.1) is 0 Å². The first-order chi connectivity index (χ1) is 11.8. The number of nitrogens with zero attached hydrogens (tertiary/aromatic N) is 4. The van der Waals surface area contributed by atoms with Crippen LogP contribution in [0.2, 0.25) is 10.0 Å². The Morgan fingerprint density at radius 3 is 2.72 bits per heavy atom. The summed E-state index contributed by atoms with van der Waals surface area (Å²) in [6, 6.07) is 5.54. The van der Waals surface area contributed by atoms with Crippen LogP contribution in [0.3, 0.4) is 0 Å². The number of hydrogen-bond acceptors (Lipinski definition) is 5. The van der Waals surface area contributed by atoms with Gasteiger partial charge in [0.2, 0.25) is 0 Å². The van der Waals surface area contributed by atoms with Crippen LogP contribution in [0.5, 0.6) is 0 Å². The number of carbonyl (C=O) groups is 1. The summed E-state index contributed by atoms with van der Waals surface area (Å²) >= 11 is 17.4. The van der Waals surface area contributed by atoms with Crippen molar-refractivity contribution < 1.29 is 9.53 Å². The van der Waals surface area contributed by atoms with E-state index in [1.165, 1.54) is 0 Å². The third-order valence-electron chi connectivity index (χ3n) is 3.55. The van der Waals surface area contributed by atoms with Gasteiger partial charge in [-0.05, 0) is 43.9 Å². The Hall–Kier alpha value is -1.41. The standard InChI is InChI=1S/C16H20Cl2N4O2S/c1-4-24-15(23)8-14-19-22(16(25)21(14)3)10-20(2)9-11-5-6-12(17)13(18)7-11/h5-7H,4,8-10H2,1-3H3. The van der Waals surface area contributed by atoms with Crippen LogP contribution in [0.4, 0.5) is 0 Å². The summed E-state index contributed by atoms with van der Waals surface area (Å²) in [6.45, 7) is 3.25. The number of hydrogen-bond donors (Lipinski definition) is 0. The van der Waals surface area contributed by atoms with E-state index in [1.54, 1.807) is 29.3 Å². The van der Waals surface area contributed by atoms with Gasteiger partial charge in [0.1, 0.15) is 12.2 Å². The predicted molar refractivity (Wildman–Crippen MR) is 100 cm³/mol. The number of aromatic nitrogens is 3. The van der Waals surface area contributed by atoms with Crippen LogP contribution in [0.15, 0.2) is 18.2 Å². The fraction of sp³-hybridized carbons (Fsp3) is 0.438. The molecule has 0 unspecified atom stereocenters. The Morgan fingerprint density at radius 1 is 1.36 bits per heavy atom. The molecule has 25 heavy (non-hydrogen) atoms. The molecule has 0 N–H and O–H groups in total. The van der Waals surface area contributed by atoms with E-state index >= 15 is 0 Å². The number of ether oxygens (including phenoxy) is 1. The van der Waals surface area contributed by atoms with Crippen LogP contribution in [0.1, 0.15) is 18.3 Å². The lowest BCUT2D eigenvalue weighted by atomic mass is 10.2. The molecule has 0 saturated carbocycles. The largest absolute Gasteiger partial charge is 0.466 e. The number of carbonyl (C=O) groups excluding carboxylic acids is 1. The Bertz CT molecular complexity index is 819. The van der Waals surface area contributed by atoms with Gasteiger partial charge < -0.3 is 9.30 Å². The molecule has 2 rings (SSSR count). The van der Waals surface area contributed by atoms with E-state index in [0.717, 1.165) is 5.56 Å². The number of rotatable bonds is 7. The Kier molecular flexibility index (Phi) is 7.01. The predicted octanol–water partition coefficient (Wildman–Crippen LogP) is 3.45. The molecular formula is C16H20Cl2N4O2S. The first kappa shape index (κ1) is 19.9. The maximum atomic E-state index is 11.7. The summed E-state index contributed by atoms with van der Waals surface area (Å²) in [5.74, 6) is 0.258. The number of benzene rings is 1. The van der Waals surface area contributed by atoms with E-state index in [1.807, 2.05) is 24.1 Å². The molecule has 6 nitrogen and oxygen atoms in total. The summed E-state index contributed by atoms with van der Waals surface area (Å²) < 4.78 is 8.91. The quantitative estimate of drug-likeness (QED) is 0.524. The van der Waals surface area contributed by atoms with Gasteiger partial charge in [0.05, 0.1) is 23.3 Å². The van der Waals surface area contributed by atoms with Crippen molar-refractivity contribution in [3.05, 3.63) is 44.4 Å². The van der Waals surface area contributed by atoms with Crippen LogP contribution in [0, 0.1) is 4.77 Å². The monoisotopic (exact) mass is 402 g/mol.